The van der Waals surface area contributed by atoms with Crippen LogP contribution in [0.25, 0.3) is 0 Å². The average Bonchev–Trinajstić information content (AvgIpc) is 2.25. The normalized spacial score (nSPS) is 20.1. The first-order valence-corrected chi connectivity index (χ1v) is 7.54. The summed E-state index contributed by atoms with van der Waals surface area (Å²) in [5, 5.41) is 3.64. The zero-order valence-corrected chi connectivity index (χ0v) is 10.8. The van der Waals surface area contributed by atoms with Crippen LogP contribution in [0.5, 0.6) is 0 Å². The summed E-state index contributed by atoms with van der Waals surface area (Å²) >= 11 is 5.75. The third-order valence-corrected chi connectivity index (χ3v) is 4.70. The number of sulfone groups is 1. The van der Waals surface area contributed by atoms with Gasteiger partial charge in [-0.25, -0.2) is 13.4 Å². The van der Waals surface area contributed by atoms with Gasteiger partial charge in [0.15, 0.2) is 0 Å². The number of pyridine rings is 1. The average molecular weight is 276 g/mol. The molecular formula is C10H14ClN3O2S. The Morgan fingerprint density at radius 3 is 2.65 bits per heavy atom. The first-order chi connectivity index (χ1) is 7.96. The van der Waals surface area contributed by atoms with Gasteiger partial charge in [0.25, 0.3) is 0 Å². The molecule has 1 aliphatic rings. The molecule has 1 aromatic rings. The van der Waals surface area contributed by atoms with E-state index in [-0.39, 0.29) is 17.5 Å². The highest BCUT2D eigenvalue weighted by molar-refractivity contribution is 7.91. The van der Waals surface area contributed by atoms with Crippen molar-refractivity contribution in [1.29, 1.82) is 0 Å². The number of aromatic nitrogens is 1. The molecule has 0 aliphatic carbocycles. The van der Waals surface area contributed by atoms with E-state index in [1.807, 2.05) is 0 Å². The molecule has 0 unspecified atom stereocenters. The molecular weight excluding hydrogens is 262 g/mol. The van der Waals surface area contributed by atoms with Gasteiger partial charge < -0.3 is 11.1 Å². The molecule has 2 heterocycles. The number of nitrogens with one attached hydrogen (secondary N) is 1. The Labute approximate surface area is 105 Å². The third-order valence-electron chi connectivity index (χ3n) is 2.78. The lowest BCUT2D eigenvalue weighted by molar-refractivity contribution is 0.559. The molecule has 1 aromatic heterocycles. The fourth-order valence-corrected chi connectivity index (χ4v) is 3.46. The maximum Gasteiger partial charge on any atom is 0.150 e. The van der Waals surface area contributed by atoms with Crippen molar-refractivity contribution in [1.82, 2.24) is 4.98 Å². The summed E-state index contributed by atoms with van der Waals surface area (Å²) in [6.07, 6.45) is 2.69. The minimum absolute atomic E-state index is 0.106. The van der Waals surface area contributed by atoms with Crippen LogP contribution in [0.1, 0.15) is 12.8 Å². The van der Waals surface area contributed by atoms with Gasteiger partial charge in [-0.05, 0) is 18.9 Å². The Morgan fingerprint density at radius 2 is 2.06 bits per heavy atom. The summed E-state index contributed by atoms with van der Waals surface area (Å²) in [4.78, 5) is 4.09. The molecule has 0 radical (unpaired) electrons. The van der Waals surface area contributed by atoms with Gasteiger partial charge in [-0.15, -0.1) is 0 Å². The SMILES string of the molecule is Nc1cc(Cl)cnc1NC1CCS(=O)(=O)CC1. The number of nitrogens with zero attached hydrogens (tertiary/aromatic N) is 1. The number of nitrogens with two attached hydrogens (primary N) is 1. The van der Waals surface area contributed by atoms with E-state index in [1.165, 1.54) is 6.20 Å². The Hall–Kier alpha value is -1.01. The van der Waals surface area contributed by atoms with E-state index in [2.05, 4.69) is 10.3 Å². The predicted molar refractivity (Wildman–Crippen MR) is 69.0 cm³/mol. The van der Waals surface area contributed by atoms with Crippen molar-refractivity contribution in [2.24, 2.45) is 0 Å². The van der Waals surface area contributed by atoms with Crippen molar-refractivity contribution in [3.8, 4) is 0 Å². The van der Waals surface area contributed by atoms with Crippen LogP contribution < -0.4 is 11.1 Å². The van der Waals surface area contributed by atoms with Crippen molar-refractivity contribution < 1.29 is 8.42 Å². The van der Waals surface area contributed by atoms with Crippen molar-refractivity contribution in [3.05, 3.63) is 17.3 Å². The molecule has 2 rings (SSSR count). The van der Waals surface area contributed by atoms with Crippen LogP contribution in [-0.4, -0.2) is 30.9 Å². The lowest BCUT2D eigenvalue weighted by Gasteiger charge is -2.24. The molecule has 94 valence electrons. The van der Waals surface area contributed by atoms with Crippen molar-refractivity contribution >= 4 is 32.9 Å². The molecule has 0 saturated carbocycles. The van der Waals surface area contributed by atoms with E-state index in [4.69, 9.17) is 17.3 Å². The highest BCUT2D eigenvalue weighted by Crippen LogP contribution is 2.23. The molecule has 17 heavy (non-hydrogen) atoms. The van der Waals surface area contributed by atoms with E-state index in [9.17, 15) is 8.42 Å². The number of hydrogen-bond donors (Lipinski definition) is 2. The summed E-state index contributed by atoms with van der Waals surface area (Å²) < 4.78 is 22.5. The standard InChI is InChI=1S/C10H14ClN3O2S/c11-7-5-9(12)10(13-6-7)14-8-1-3-17(15,16)4-2-8/h5-6,8H,1-4,12H2,(H,13,14). The predicted octanol–water partition coefficient (Wildman–Crippen LogP) is 1.31. The van der Waals surface area contributed by atoms with E-state index < -0.39 is 9.84 Å². The van der Waals surface area contributed by atoms with Crippen molar-refractivity contribution in [2.45, 2.75) is 18.9 Å². The minimum Gasteiger partial charge on any atom is -0.396 e. The van der Waals surface area contributed by atoms with E-state index >= 15 is 0 Å². The van der Waals surface area contributed by atoms with Gasteiger partial charge in [-0.3, -0.25) is 0 Å². The number of nitrogen functional groups attached to an aromatic ring is 1. The summed E-state index contributed by atoms with van der Waals surface area (Å²) in [6.45, 7) is 0. The first kappa shape index (κ1) is 12.4. The number of halogens is 1. The lowest BCUT2D eigenvalue weighted by atomic mass is 10.1. The van der Waals surface area contributed by atoms with Gasteiger partial charge in [0, 0.05) is 12.2 Å². The molecule has 0 amide bonds. The van der Waals surface area contributed by atoms with Gasteiger partial charge in [-0.2, -0.15) is 0 Å². The molecule has 0 aromatic carbocycles. The monoisotopic (exact) mass is 275 g/mol. The number of rotatable bonds is 2. The summed E-state index contributed by atoms with van der Waals surface area (Å²) in [7, 11) is -2.84. The van der Waals surface area contributed by atoms with Gasteiger partial charge in [0.1, 0.15) is 15.7 Å². The molecule has 1 aliphatic heterocycles. The summed E-state index contributed by atoms with van der Waals surface area (Å²) in [5.74, 6) is 1.01. The first-order valence-electron chi connectivity index (χ1n) is 5.34. The molecule has 3 N–H and O–H groups in total. The largest absolute Gasteiger partial charge is 0.396 e. The van der Waals surface area contributed by atoms with Crippen LogP contribution in [0.2, 0.25) is 5.02 Å². The molecule has 1 fully saturated rings. The van der Waals surface area contributed by atoms with Crippen LogP contribution in [0, 0.1) is 0 Å². The topological polar surface area (TPSA) is 85.1 Å². The second kappa shape index (κ2) is 4.70. The second-order valence-electron chi connectivity index (χ2n) is 4.16. The van der Waals surface area contributed by atoms with Crippen LogP contribution in [0.3, 0.4) is 0 Å². The fraction of sp³-hybridized carbons (Fsp3) is 0.500. The quantitative estimate of drug-likeness (QED) is 0.850. The third kappa shape index (κ3) is 3.23. The van der Waals surface area contributed by atoms with Crippen LogP contribution >= 0.6 is 11.6 Å². The molecule has 0 spiro atoms. The Kier molecular flexibility index (Phi) is 3.44. The zero-order valence-electron chi connectivity index (χ0n) is 9.19. The highest BCUT2D eigenvalue weighted by Gasteiger charge is 2.23. The molecule has 7 heteroatoms. The van der Waals surface area contributed by atoms with Gasteiger partial charge >= 0.3 is 0 Å². The van der Waals surface area contributed by atoms with Gasteiger partial charge in [-0.1, -0.05) is 11.6 Å². The Morgan fingerprint density at radius 1 is 1.41 bits per heavy atom. The maximum absolute atomic E-state index is 11.3. The van der Waals surface area contributed by atoms with E-state index in [1.54, 1.807) is 6.07 Å². The molecule has 0 bridgehead atoms. The van der Waals surface area contributed by atoms with Gasteiger partial charge in [0.05, 0.1) is 22.2 Å². The van der Waals surface area contributed by atoms with Crippen LogP contribution in [0.15, 0.2) is 12.3 Å². The molecule has 1 saturated heterocycles. The Balaban J connectivity index is 2.02. The van der Waals surface area contributed by atoms with Crippen LogP contribution in [-0.2, 0) is 9.84 Å². The van der Waals surface area contributed by atoms with E-state index in [0.29, 0.717) is 29.4 Å². The molecule has 5 nitrogen and oxygen atoms in total. The summed E-state index contributed by atoms with van der Waals surface area (Å²) in [5.41, 5.74) is 6.24. The van der Waals surface area contributed by atoms with Gasteiger partial charge in [0.2, 0.25) is 0 Å². The Bertz CT molecular complexity index is 504. The maximum atomic E-state index is 11.3. The van der Waals surface area contributed by atoms with Crippen molar-refractivity contribution in [3.63, 3.8) is 0 Å². The smallest absolute Gasteiger partial charge is 0.150 e. The van der Waals surface area contributed by atoms with Crippen molar-refractivity contribution in [2.75, 3.05) is 22.6 Å². The minimum atomic E-state index is -2.84. The second-order valence-corrected chi connectivity index (χ2v) is 6.90. The fourth-order valence-electron chi connectivity index (χ4n) is 1.80. The molecule has 0 atom stereocenters. The summed E-state index contributed by atoms with van der Waals surface area (Å²) in [6, 6.07) is 1.73. The highest BCUT2D eigenvalue weighted by atomic mass is 35.5. The number of hydrogen-bond acceptors (Lipinski definition) is 5. The number of anilines is 2. The van der Waals surface area contributed by atoms with Crippen LogP contribution in [0.4, 0.5) is 11.5 Å². The van der Waals surface area contributed by atoms with E-state index in [0.717, 1.165) is 0 Å². The lowest BCUT2D eigenvalue weighted by Crippen LogP contribution is -2.32. The zero-order chi connectivity index (χ0) is 12.5.